The molecule has 8 heteroatoms. The molecule has 3 aromatic rings. The normalized spacial score (nSPS) is 23.7. The molecule has 220 valence electrons. The summed E-state index contributed by atoms with van der Waals surface area (Å²) in [6.07, 6.45) is 3.49. The first-order valence-electron chi connectivity index (χ1n) is 14.5. The number of carbonyl (C=O) groups excluding carboxylic acids is 2. The van der Waals surface area contributed by atoms with Gasteiger partial charge in [0.1, 0.15) is 0 Å². The molecule has 1 saturated carbocycles. The highest BCUT2D eigenvalue weighted by Gasteiger charge is 2.50. The SMILES string of the molecule is CC1(C)CN(C(=O)[C@H]2CCCC[C@H]2NC(=O)c2cc(C(=O)O)cc(-c3ccccc3)c2)CC[C@]1(O)c1ccc(Cl)cc1. The summed E-state index contributed by atoms with van der Waals surface area (Å²) in [5.74, 6) is -1.91. The Morgan fingerprint density at radius 2 is 1.57 bits per heavy atom. The number of nitrogens with one attached hydrogen (secondary N) is 1. The van der Waals surface area contributed by atoms with Crippen LogP contribution in [0.3, 0.4) is 0 Å². The van der Waals surface area contributed by atoms with E-state index < -0.39 is 28.8 Å². The lowest BCUT2D eigenvalue weighted by Gasteiger charge is -2.51. The number of hydrogen-bond donors (Lipinski definition) is 3. The molecule has 42 heavy (non-hydrogen) atoms. The third-order valence-electron chi connectivity index (χ3n) is 9.03. The second-order valence-electron chi connectivity index (χ2n) is 12.2. The summed E-state index contributed by atoms with van der Waals surface area (Å²) in [6, 6.07) is 20.8. The van der Waals surface area contributed by atoms with E-state index in [9.17, 15) is 24.6 Å². The summed E-state index contributed by atoms with van der Waals surface area (Å²) in [6.45, 7) is 4.73. The van der Waals surface area contributed by atoms with Crippen molar-refractivity contribution in [1.29, 1.82) is 0 Å². The number of aliphatic hydroxyl groups is 1. The molecule has 2 amide bonds. The van der Waals surface area contributed by atoms with E-state index in [1.807, 2.05) is 61.2 Å². The van der Waals surface area contributed by atoms with Crippen molar-refractivity contribution in [3.8, 4) is 11.1 Å². The average Bonchev–Trinajstić information content (AvgIpc) is 2.99. The summed E-state index contributed by atoms with van der Waals surface area (Å²) in [4.78, 5) is 41.2. The molecule has 1 aliphatic heterocycles. The van der Waals surface area contributed by atoms with E-state index in [1.165, 1.54) is 6.07 Å². The van der Waals surface area contributed by atoms with Crippen LogP contribution in [0.5, 0.6) is 0 Å². The molecular formula is C34H37ClN2O5. The van der Waals surface area contributed by atoms with Crippen molar-refractivity contribution in [3.05, 3.63) is 94.5 Å². The zero-order valence-corrected chi connectivity index (χ0v) is 24.7. The van der Waals surface area contributed by atoms with Crippen molar-refractivity contribution < 1.29 is 24.6 Å². The third-order valence-corrected chi connectivity index (χ3v) is 9.28. The molecule has 0 aromatic heterocycles. The van der Waals surface area contributed by atoms with Crippen LogP contribution in [0.15, 0.2) is 72.8 Å². The van der Waals surface area contributed by atoms with Gasteiger partial charge in [-0.1, -0.05) is 80.8 Å². The molecule has 1 saturated heterocycles. The van der Waals surface area contributed by atoms with Crippen molar-refractivity contribution >= 4 is 29.4 Å². The second-order valence-corrected chi connectivity index (χ2v) is 12.6. The minimum atomic E-state index is -1.11. The van der Waals surface area contributed by atoms with Crippen LogP contribution in [0, 0.1) is 11.3 Å². The van der Waals surface area contributed by atoms with Crippen LogP contribution in [0.4, 0.5) is 0 Å². The number of aromatic carboxylic acids is 1. The smallest absolute Gasteiger partial charge is 0.335 e. The Balaban J connectivity index is 1.33. The topological polar surface area (TPSA) is 107 Å². The van der Waals surface area contributed by atoms with Gasteiger partial charge in [-0.25, -0.2) is 4.79 Å². The lowest BCUT2D eigenvalue weighted by molar-refractivity contribution is -0.158. The van der Waals surface area contributed by atoms with E-state index in [4.69, 9.17) is 11.6 Å². The van der Waals surface area contributed by atoms with Gasteiger partial charge in [0.15, 0.2) is 0 Å². The molecule has 0 radical (unpaired) electrons. The summed E-state index contributed by atoms with van der Waals surface area (Å²) < 4.78 is 0. The predicted octanol–water partition coefficient (Wildman–Crippen LogP) is 6.14. The Labute approximate surface area is 251 Å². The molecule has 0 spiro atoms. The number of amides is 2. The third kappa shape index (κ3) is 5.94. The van der Waals surface area contributed by atoms with Gasteiger partial charge < -0.3 is 20.4 Å². The minimum Gasteiger partial charge on any atom is -0.478 e. The second kappa shape index (κ2) is 11.9. The Morgan fingerprint density at radius 3 is 2.24 bits per heavy atom. The molecule has 2 aliphatic rings. The first-order valence-corrected chi connectivity index (χ1v) is 14.9. The standard InChI is InChI=1S/C34H37ClN2O5/c1-33(2)21-37(17-16-34(33,42)26-12-14-27(35)15-13-26)31(39)28-10-6-7-11-29(28)36-30(38)24-18-23(19-25(20-24)32(40)41)22-8-4-3-5-9-22/h3-5,8-9,12-15,18-20,28-29,42H,6-7,10-11,16-17,21H2,1-2H3,(H,36,38)(H,40,41)/t28-,29+,34-/m0/s1. The zero-order chi connectivity index (χ0) is 30.1. The number of carboxylic acids is 1. The van der Waals surface area contributed by atoms with Crippen molar-refractivity contribution in [2.75, 3.05) is 13.1 Å². The van der Waals surface area contributed by atoms with Crippen LogP contribution in [-0.2, 0) is 10.4 Å². The highest BCUT2D eigenvalue weighted by molar-refractivity contribution is 6.30. The number of rotatable bonds is 6. The van der Waals surface area contributed by atoms with E-state index in [-0.39, 0.29) is 23.1 Å². The lowest BCUT2D eigenvalue weighted by Crippen LogP contribution is -2.59. The van der Waals surface area contributed by atoms with Crippen molar-refractivity contribution in [2.24, 2.45) is 11.3 Å². The van der Waals surface area contributed by atoms with Crippen LogP contribution in [0.1, 0.15) is 72.2 Å². The van der Waals surface area contributed by atoms with Gasteiger partial charge in [0.05, 0.1) is 17.1 Å². The molecule has 3 atom stereocenters. The molecule has 0 bridgehead atoms. The number of halogens is 1. The maximum absolute atomic E-state index is 13.9. The van der Waals surface area contributed by atoms with Gasteiger partial charge in [0.2, 0.25) is 5.91 Å². The largest absolute Gasteiger partial charge is 0.478 e. The molecule has 2 fully saturated rings. The fourth-order valence-electron chi connectivity index (χ4n) is 6.54. The molecule has 0 unspecified atom stereocenters. The van der Waals surface area contributed by atoms with E-state index in [2.05, 4.69) is 5.32 Å². The van der Waals surface area contributed by atoms with Crippen molar-refractivity contribution in [2.45, 2.75) is 57.6 Å². The van der Waals surface area contributed by atoms with Gasteiger partial charge >= 0.3 is 5.97 Å². The summed E-state index contributed by atoms with van der Waals surface area (Å²) in [5, 5.41) is 25.1. The first kappa shape index (κ1) is 29.8. The molecule has 7 nitrogen and oxygen atoms in total. The zero-order valence-electron chi connectivity index (χ0n) is 24.0. The Bertz CT molecular complexity index is 1470. The number of carboxylic acid groups (broad SMARTS) is 1. The number of benzene rings is 3. The minimum absolute atomic E-state index is 0.0181. The highest BCUT2D eigenvalue weighted by Crippen LogP contribution is 2.46. The van der Waals surface area contributed by atoms with E-state index >= 15 is 0 Å². The van der Waals surface area contributed by atoms with Crippen LogP contribution in [0.2, 0.25) is 5.02 Å². The van der Waals surface area contributed by atoms with Gasteiger partial charge in [-0.15, -0.1) is 0 Å². The quantitative estimate of drug-likeness (QED) is 0.321. The number of nitrogens with zero attached hydrogens (tertiary/aromatic N) is 1. The van der Waals surface area contributed by atoms with Gasteiger partial charge in [0, 0.05) is 35.1 Å². The molecule has 1 heterocycles. The summed E-state index contributed by atoms with van der Waals surface area (Å²) in [7, 11) is 0. The number of likely N-dealkylation sites (tertiary alicyclic amines) is 1. The first-order chi connectivity index (χ1) is 20.0. The van der Waals surface area contributed by atoms with Crippen molar-refractivity contribution in [1.82, 2.24) is 10.2 Å². The van der Waals surface area contributed by atoms with Crippen molar-refractivity contribution in [3.63, 3.8) is 0 Å². The summed E-state index contributed by atoms with van der Waals surface area (Å²) in [5.41, 5.74) is 0.782. The molecule has 5 rings (SSSR count). The summed E-state index contributed by atoms with van der Waals surface area (Å²) >= 11 is 6.07. The predicted molar refractivity (Wildman–Crippen MR) is 162 cm³/mol. The number of hydrogen-bond acceptors (Lipinski definition) is 4. The molecule has 3 aromatic carbocycles. The van der Waals surface area contributed by atoms with E-state index in [0.717, 1.165) is 24.0 Å². The number of piperidine rings is 1. The van der Waals surface area contributed by atoms with Crippen LogP contribution in [0.25, 0.3) is 11.1 Å². The molecular weight excluding hydrogens is 552 g/mol. The van der Waals surface area contributed by atoms with Crippen LogP contribution >= 0.6 is 11.6 Å². The van der Waals surface area contributed by atoms with Gasteiger partial charge in [-0.05, 0) is 66.3 Å². The Morgan fingerprint density at radius 1 is 0.905 bits per heavy atom. The van der Waals surface area contributed by atoms with Gasteiger partial charge in [-0.3, -0.25) is 9.59 Å². The van der Waals surface area contributed by atoms with E-state index in [0.29, 0.717) is 42.9 Å². The highest BCUT2D eigenvalue weighted by atomic mass is 35.5. The fraction of sp³-hybridized carbons (Fsp3) is 0.382. The maximum Gasteiger partial charge on any atom is 0.335 e. The molecule has 1 aliphatic carbocycles. The Kier molecular flexibility index (Phi) is 8.44. The molecule has 3 N–H and O–H groups in total. The fourth-order valence-corrected chi connectivity index (χ4v) is 6.66. The number of carbonyl (C=O) groups is 3. The van der Waals surface area contributed by atoms with Gasteiger partial charge in [0.25, 0.3) is 5.91 Å². The monoisotopic (exact) mass is 588 g/mol. The maximum atomic E-state index is 13.9. The average molecular weight is 589 g/mol. The van der Waals surface area contributed by atoms with E-state index in [1.54, 1.807) is 24.3 Å². The van der Waals surface area contributed by atoms with Crippen LogP contribution < -0.4 is 5.32 Å². The Hall–Kier alpha value is -3.68. The lowest BCUT2D eigenvalue weighted by atomic mass is 9.66. The van der Waals surface area contributed by atoms with Gasteiger partial charge in [-0.2, -0.15) is 0 Å². The van der Waals surface area contributed by atoms with Crippen LogP contribution in [-0.4, -0.2) is 52.0 Å².